The van der Waals surface area contributed by atoms with Crippen molar-refractivity contribution in [3.05, 3.63) is 84.7 Å². The molecule has 0 bridgehead atoms. The van der Waals surface area contributed by atoms with E-state index in [2.05, 4.69) is 20.3 Å². The SMILES string of the molecule is O=C(NCc1cccnc1)c1[nH]c(-c2cccnc2)[n+]2ccccc12. The van der Waals surface area contributed by atoms with Crippen LogP contribution in [0.2, 0.25) is 0 Å². The Morgan fingerprint density at radius 3 is 2.64 bits per heavy atom. The van der Waals surface area contributed by atoms with Crippen LogP contribution in [0, 0.1) is 0 Å². The lowest BCUT2D eigenvalue weighted by molar-refractivity contribution is -0.498. The summed E-state index contributed by atoms with van der Waals surface area (Å²) in [4.78, 5) is 24.1. The van der Waals surface area contributed by atoms with Gasteiger partial charge >= 0.3 is 0 Å². The molecular formula is C19H16N5O+. The van der Waals surface area contributed by atoms with Crippen molar-refractivity contribution in [2.24, 2.45) is 0 Å². The third-order valence-corrected chi connectivity index (χ3v) is 3.94. The second kappa shape index (κ2) is 6.52. The highest BCUT2D eigenvalue weighted by Crippen LogP contribution is 2.16. The lowest BCUT2D eigenvalue weighted by atomic mass is 10.2. The van der Waals surface area contributed by atoms with Gasteiger partial charge in [0.05, 0.1) is 11.8 Å². The van der Waals surface area contributed by atoms with Gasteiger partial charge in [0.15, 0.2) is 5.52 Å². The van der Waals surface area contributed by atoms with Crippen molar-refractivity contribution in [2.45, 2.75) is 6.54 Å². The molecule has 6 heteroatoms. The van der Waals surface area contributed by atoms with Gasteiger partial charge in [0, 0.05) is 31.3 Å². The predicted molar refractivity (Wildman–Crippen MR) is 92.6 cm³/mol. The summed E-state index contributed by atoms with van der Waals surface area (Å²) in [6.45, 7) is 0.424. The van der Waals surface area contributed by atoms with E-state index >= 15 is 0 Å². The van der Waals surface area contributed by atoms with Gasteiger partial charge in [-0.15, -0.1) is 0 Å². The molecule has 1 amide bonds. The van der Waals surface area contributed by atoms with Crippen molar-refractivity contribution in [2.75, 3.05) is 0 Å². The van der Waals surface area contributed by atoms with Gasteiger partial charge in [-0.05, 0) is 35.9 Å². The number of nitrogens with zero attached hydrogens (tertiary/aromatic N) is 3. The van der Waals surface area contributed by atoms with Gasteiger partial charge in [-0.25, -0.2) is 4.98 Å². The molecule has 0 spiro atoms. The Bertz CT molecular complexity index is 1010. The smallest absolute Gasteiger partial charge is 0.295 e. The monoisotopic (exact) mass is 330 g/mol. The molecule has 0 unspecified atom stereocenters. The van der Waals surface area contributed by atoms with Gasteiger partial charge in [0.25, 0.3) is 11.7 Å². The highest BCUT2D eigenvalue weighted by Gasteiger charge is 2.24. The van der Waals surface area contributed by atoms with Crippen LogP contribution in [0.4, 0.5) is 0 Å². The van der Waals surface area contributed by atoms with Gasteiger partial charge in [-0.3, -0.25) is 14.8 Å². The minimum Gasteiger partial charge on any atom is -0.345 e. The number of carbonyl (C=O) groups is 1. The van der Waals surface area contributed by atoms with E-state index in [4.69, 9.17) is 0 Å². The molecule has 0 radical (unpaired) electrons. The van der Waals surface area contributed by atoms with Crippen LogP contribution in [0.1, 0.15) is 16.1 Å². The molecular weight excluding hydrogens is 314 g/mol. The number of imidazole rings is 1. The molecule has 6 nitrogen and oxygen atoms in total. The number of H-pyrrole nitrogens is 1. The third kappa shape index (κ3) is 2.97. The lowest BCUT2D eigenvalue weighted by Gasteiger charge is -2.01. The molecule has 0 aromatic carbocycles. The Morgan fingerprint density at radius 2 is 1.88 bits per heavy atom. The Kier molecular flexibility index (Phi) is 3.92. The number of amides is 1. The Balaban J connectivity index is 1.69. The van der Waals surface area contributed by atoms with E-state index in [0.717, 1.165) is 22.5 Å². The van der Waals surface area contributed by atoms with Crippen LogP contribution in [0.25, 0.3) is 16.9 Å². The first kappa shape index (κ1) is 15.0. The summed E-state index contributed by atoms with van der Waals surface area (Å²) in [5, 5.41) is 2.93. The maximum atomic E-state index is 12.7. The maximum absolute atomic E-state index is 12.7. The van der Waals surface area contributed by atoms with Crippen LogP contribution >= 0.6 is 0 Å². The minimum absolute atomic E-state index is 0.164. The van der Waals surface area contributed by atoms with E-state index in [1.807, 2.05) is 53.1 Å². The zero-order chi connectivity index (χ0) is 17.1. The van der Waals surface area contributed by atoms with Crippen LogP contribution in [0.3, 0.4) is 0 Å². The average Bonchev–Trinajstić information content (AvgIpc) is 3.07. The molecule has 2 N–H and O–H groups in total. The van der Waals surface area contributed by atoms with Crippen LogP contribution in [0.5, 0.6) is 0 Å². The maximum Gasteiger partial charge on any atom is 0.295 e. The molecule has 4 heterocycles. The molecule has 25 heavy (non-hydrogen) atoms. The van der Waals surface area contributed by atoms with Crippen molar-refractivity contribution in [3.8, 4) is 11.4 Å². The Hall–Kier alpha value is -3.54. The number of fused-ring (bicyclic) bond motifs is 1. The fraction of sp³-hybridized carbons (Fsp3) is 0.0526. The van der Waals surface area contributed by atoms with Crippen molar-refractivity contribution >= 4 is 11.4 Å². The first-order valence-electron chi connectivity index (χ1n) is 7.93. The molecule has 0 aliphatic heterocycles. The van der Waals surface area contributed by atoms with Gasteiger partial charge in [0.2, 0.25) is 5.69 Å². The second-order valence-electron chi connectivity index (χ2n) is 5.59. The summed E-state index contributed by atoms with van der Waals surface area (Å²) in [6.07, 6.45) is 8.86. The highest BCUT2D eigenvalue weighted by molar-refractivity contribution is 5.98. The number of aromatic amines is 1. The quantitative estimate of drug-likeness (QED) is 0.563. The molecule has 4 aromatic heterocycles. The third-order valence-electron chi connectivity index (χ3n) is 3.94. The number of pyridine rings is 3. The van der Waals surface area contributed by atoms with Crippen LogP contribution < -0.4 is 9.72 Å². The fourth-order valence-electron chi connectivity index (χ4n) is 2.75. The number of aromatic nitrogens is 4. The number of hydrogen-bond acceptors (Lipinski definition) is 3. The van der Waals surface area contributed by atoms with Gasteiger partial charge in [0.1, 0.15) is 0 Å². The molecule has 0 atom stereocenters. The first-order chi connectivity index (χ1) is 12.3. The number of carbonyl (C=O) groups excluding carboxylic acids is 1. The molecule has 4 rings (SSSR count). The normalized spacial score (nSPS) is 10.7. The highest BCUT2D eigenvalue weighted by atomic mass is 16.1. The van der Waals surface area contributed by atoms with E-state index < -0.39 is 0 Å². The molecule has 0 saturated carbocycles. The van der Waals surface area contributed by atoms with E-state index in [-0.39, 0.29) is 5.91 Å². The van der Waals surface area contributed by atoms with Crippen molar-refractivity contribution in [3.63, 3.8) is 0 Å². The Labute approximate surface area is 144 Å². The van der Waals surface area contributed by atoms with Crippen LogP contribution in [0.15, 0.2) is 73.4 Å². The Morgan fingerprint density at radius 1 is 1.04 bits per heavy atom. The number of nitrogens with one attached hydrogen (secondary N) is 2. The van der Waals surface area contributed by atoms with Gasteiger partial charge < -0.3 is 5.32 Å². The van der Waals surface area contributed by atoms with E-state index in [9.17, 15) is 4.79 Å². The van der Waals surface area contributed by atoms with Crippen LogP contribution in [-0.4, -0.2) is 20.9 Å². The minimum atomic E-state index is -0.164. The van der Waals surface area contributed by atoms with E-state index in [1.54, 1.807) is 24.8 Å². The topological polar surface area (TPSA) is 74.8 Å². The van der Waals surface area contributed by atoms with Crippen molar-refractivity contribution in [1.29, 1.82) is 0 Å². The van der Waals surface area contributed by atoms with Crippen molar-refractivity contribution in [1.82, 2.24) is 20.3 Å². The molecule has 0 aliphatic carbocycles. The van der Waals surface area contributed by atoms with E-state index in [1.165, 1.54) is 0 Å². The van der Waals surface area contributed by atoms with Crippen molar-refractivity contribution < 1.29 is 9.20 Å². The zero-order valence-electron chi connectivity index (χ0n) is 13.4. The average molecular weight is 330 g/mol. The van der Waals surface area contributed by atoms with Gasteiger partial charge in [-0.1, -0.05) is 12.1 Å². The summed E-state index contributed by atoms with van der Waals surface area (Å²) < 4.78 is 1.95. The number of hydrogen-bond donors (Lipinski definition) is 2. The lowest BCUT2D eigenvalue weighted by Crippen LogP contribution is -2.25. The van der Waals surface area contributed by atoms with E-state index in [0.29, 0.717) is 12.2 Å². The number of rotatable bonds is 4. The molecule has 0 aliphatic rings. The standard InChI is InChI=1S/C19H15N5O/c25-19(22-12-14-5-3-8-20-11-14)17-16-7-1-2-10-24(16)18(23-17)15-6-4-9-21-13-15/h1-11,13H,12H2,(H,22,25)/p+1. The largest absolute Gasteiger partial charge is 0.345 e. The summed E-state index contributed by atoms with van der Waals surface area (Å²) in [7, 11) is 0. The molecule has 122 valence electrons. The summed E-state index contributed by atoms with van der Waals surface area (Å²) in [6, 6.07) is 13.3. The predicted octanol–water partition coefficient (Wildman–Crippen LogP) is 2.14. The second-order valence-corrected chi connectivity index (χ2v) is 5.59. The first-order valence-corrected chi connectivity index (χ1v) is 7.93. The molecule has 4 aromatic rings. The van der Waals surface area contributed by atoms with Crippen LogP contribution in [-0.2, 0) is 6.54 Å². The summed E-state index contributed by atoms with van der Waals surface area (Å²) in [5.41, 5.74) is 3.19. The summed E-state index contributed by atoms with van der Waals surface area (Å²) in [5.74, 6) is 0.651. The van der Waals surface area contributed by atoms with Gasteiger partial charge in [-0.2, -0.15) is 4.40 Å². The fourth-order valence-corrected chi connectivity index (χ4v) is 2.75. The molecule has 0 fully saturated rings. The zero-order valence-corrected chi connectivity index (χ0v) is 13.4. The molecule has 0 saturated heterocycles. The summed E-state index contributed by atoms with van der Waals surface area (Å²) >= 11 is 0.